The van der Waals surface area contributed by atoms with Crippen molar-refractivity contribution in [3.05, 3.63) is 30.6 Å². The molecule has 1 amide bonds. The van der Waals surface area contributed by atoms with Crippen molar-refractivity contribution in [2.45, 2.75) is 38.6 Å². The van der Waals surface area contributed by atoms with E-state index in [1.165, 1.54) is 32.3 Å². The number of aromatic nitrogens is 2. The molecule has 0 aliphatic carbocycles. The number of carbonyl (C=O) groups excluding carboxylic acids is 1. The van der Waals surface area contributed by atoms with Crippen LogP contribution in [0.1, 0.15) is 32.6 Å². The van der Waals surface area contributed by atoms with Crippen molar-refractivity contribution in [3.8, 4) is 0 Å². The van der Waals surface area contributed by atoms with Crippen LogP contribution in [0, 0.1) is 0 Å². The maximum atomic E-state index is 12.3. The fraction of sp³-hybridized carbons (Fsp3) is 0.526. The average molecular weight is 341 g/mol. The fourth-order valence-corrected chi connectivity index (χ4v) is 3.22. The first kappa shape index (κ1) is 17.6. The maximum Gasteiger partial charge on any atom is 0.242 e. The first-order valence-corrected chi connectivity index (χ1v) is 9.20. The van der Waals surface area contributed by atoms with Crippen LogP contribution < -0.4 is 10.6 Å². The van der Waals surface area contributed by atoms with Crippen molar-refractivity contribution in [1.82, 2.24) is 20.2 Å². The summed E-state index contributed by atoms with van der Waals surface area (Å²) < 4.78 is 0. The minimum atomic E-state index is -0.336. The average Bonchev–Trinajstić information content (AvgIpc) is 3.15. The van der Waals surface area contributed by atoms with E-state index in [0.717, 1.165) is 36.8 Å². The van der Waals surface area contributed by atoms with Gasteiger partial charge in [-0.2, -0.15) is 0 Å². The Morgan fingerprint density at radius 2 is 2.00 bits per heavy atom. The van der Waals surface area contributed by atoms with Gasteiger partial charge in [0.15, 0.2) is 0 Å². The number of hydrogen-bond donors (Lipinski definition) is 2. The monoisotopic (exact) mass is 341 g/mol. The Bertz CT molecular complexity index is 694. The molecule has 134 valence electrons. The molecular weight excluding hydrogens is 314 g/mol. The summed E-state index contributed by atoms with van der Waals surface area (Å²) in [6.45, 7) is 6.21. The molecule has 2 heterocycles. The lowest BCUT2D eigenvalue weighted by atomic mass is 10.2. The molecule has 1 fully saturated rings. The van der Waals surface area contributed by atoms with Crippen molar-refractivity contribution in [2.75, 3.05) is 31.5 Å². The van der Waals surface area contributed by atoms with Gasteiger partial charge in [-0.3, -0.25) is 4.79 Å². The molecule has 6 nitrogen and oxygen atoms in total. The Hall–Kier alpha value is -2.21. The van der Waals surface area contributed by atoms with Crippen molar-refractivity contribution in [2.24, 2.45) is 0 Å². The third-order valence-electron chi connectivity index (χ3n) is 4.69. The summed E-state index contributed by atoms with van der Waals surface area (Å²) in [6, 6.07) is 7.45. The van der Waals surface area contributed by atoms with E-state index in [-0.39, 0.29) is 11.9 Å². The van der Waals surface area contributed by atoms with Crippen molar-refractivity contribution in [1.29, 1.82) is 0 Å². The topological polar surface area (TPSA) is 70.1 Å². The van der Waals surface area contributed by atoms with E-state index in [1.54, 1.807) is 0 Å². The summed E-state index contributed by atoms with van der Waals surface area (Å²) in [5.41, 5.74) is 0.870. The molecule has 3 rings (SSSR count). The summed E-state index contributed by atoms with van der Waals surface area (Å²) in [5, 5.41) is 7.14. The number of unbranched alkanes of at least 4 members (excludes halogenated alkanes) is 1. The second-order valence-electron chi connectivity index (χ2n) is 6.65. The smallest absolute Gasteiger partial charge is 0.242 e. The third-order valence-corrected chi connectivity index (χ3v) is 4.69. The van der Waals surface area contributed by atoms with Crippen LogP contribution in [0.4, 0.5) is 5.82 Å². The van der Waals surface area contributed by atoms with Gasteiger partial charge >= 0.3 is 0 Å². The maximum absolute atomic E-state index is 12.3. The summed E-state index contributed by atoms with van der Waals surface area (Å²) >= 11 is 0. The molecule has 1 aromatic carbocycles. The van der Waals surface area contributed by atoms with E-state index in [4.69, 9.17) is 0 Å². The van der Waals surface area contributed by atoms with Crippen LogP contribution in [-0.2, 0) is 4.79 Å². The molecule has 1 unspecified atom stereocenters. The number of carbonyl (C=O) groups is 1. The highest BCUT2D eigenvalue weighted by atomic mass is 16.2. The second-order valence-corrected chi connectivity index (χ2v) is 6.65. The zero-order valence-electron chi connectivity index (χ0n) is 14.9. The molecule has 25 heavy (non-hydrogen) atoms. The van der Waals surface area contributed by atoms with Crippen LogP contribution in [0.3, 0.4) is 0 Å². The van der Waals surface area contributed by atoms with Crippen LogP contribution in [0.25, 0.3) is 10.9 Å². The molecule has 0 bridgehead atoms. The van der Waals surface area contributed by atoms with Gasteiger partial charge in [-0.15, -0.1) is 0 Å². The van der Waals surface area contributed by atoms with Gasteiger partial charge < -0.3 is 15.5 Å². The van der Waals surface area contributed by atoms with Gasteiger partial charge in [0.05, 0.1) is 5.52 Å². The SMILES string of the molecule is CC(Nc1ncnc2ccccc12)C(=O)NCCCCN1CCCC1. The van der Waals surface area contributed by atoms with E-state index in [1.807, 2.05) is 31.2 Å². The van der Waals surface area contributed by atoms with Gasteiger partial charge in [-0.25, -0.2) is 9.97 Å². The molecule has 0 spiro atoms. The summed E-state index contributed by atoms with van der Waals surface area (Å²) in [6.07, 6.45) is 6.34. The predicted octanol–water partition coefficient (Wildman–Crippen LogP) is 2.42. The summed E-state index contributed by atoms with van der Waals surface area (Å²) in [7, 11) is 0. The van der Waals surface area contributed by atoms with Crippen molar-refractivity contribution < 1.29 is 4.79 Å². The number of benzene rings is 1. The number of nitrogens with one attached hydrogen (secondary N) is 2. The normalized spacial score (nSPS) is 16.0. The van der Waals surface area contributed by atoms with E-state index in [0.29, 0.717) is 5.82 Å². The number of fused-ring (bicyclic) bond motifs is 1. The molecule has 6 heteroatoms. The second kappa shape index (κ2) is 8.76. The van der Waals surface area contributed by atoms with Gasteiger partial charge in [0.2, 0.25) is 5.91 Å². The molecule has 1 saturated heterocycles. The Balaban J connectivity index is 1.42. The minimum absolute atomic E-state index is 0.00358. The van der Waals surface area contributed by atoms with Crippen molar-refractivity contribution in [3.63, 3.8) is 0 Å². The first-order chi connectivity index (χ1) is 12.2. The first-order valence-electron chi connectivity index (χ1n) is 9.20. The number of anilines is 1. The Labute approximate surface area is 149 Å². The number of hydrogen-bond acceptors (Lipinski definition) is 5. The third kappa shape index (κ3) is 4.89. The molecule has 1 atom stereocenters. The number of nitrogens with zero attached hydrogens (tertiary/aromatic N) is 3. The van der Waals surface area contributed by atoms with Gasteiger partial charge in [0.25, 0.3) is 0 Å². The Kier molecular flexibility index (Phi) is 6.17. The molecular formula is C19H27N5O. The molecule has 0 radical (unpaired) electrons. The number of amides is 1. The van der Waals surface area contributed by atoms with Gasteiger partial charge in [0, 0.05) is 11.9 Å². The Morgan fingerprint density at radius 1 is 1.20 bits per heavy atom. The number of likely N-dealkylation sites (tertiary alicyclic amines) is 1. The highest BCUT2D eigenvalue weighted by molar-refractivity contribution is 5.91. The lowest BCUT2D eigenvalue weighted by Crippen LogP contribution is -2.38. The van der Waals surface area contributed by atoms with E-state index >= 15 is 0 Å². The van der Waals surface area contributed by atoms with Crippen molar-refractivity contribution >= 4 is 22.6 Å². The number of para-hydroxylation sites is 1. The largest absolute Gasteiger partial charge is 0.358 e. The van der Waals surface area contributed by atoms with Crippen LogP contribution in [-0.4, -0.2) is 53.0 Å². The standard InChI is InChI=1S/C19H27N5O/c1-15(19(25)20-10-4-5-11-24-12-6-7-13-24)23-18-16-8-2-3-9-17(16)21-14-22-18/h2-3,8-9,14-15H,4-7,10-13H2,1H3,(H,20,25)(H,21,22,23). The van der Waals surface area contributed by atoms with Crippen LogP contribution >= 0.6 is 0 Å². The zero-order valence-corrected chi connectivity index (χ0v) is 14.9. The lowest BCUT2D eigenvalue weighted by Gasteiger charge is -2.16. The minimum Gasteiger partial charge on any atom is -0.358 e. The Morgan fingerprint density at radius 3 is 2.84 bits per heavy atom. The zero-order chi connectivity index (χ0) is 17.5. The van der Waals surface area contributed by atoms with E-state index < -0.39 is 0 Å². The summed E-state index contributed by atoms with van der Waals surface area (Å²) in [5.74, 6) is 0.700. The van der Waals surface area contributed by atoms with Gasteiger partial charge in [-0.1, -0.05) is 12.1 Å². The lowest BCUT2D eigenvalue weighted by molar-refractivity contribution is -0.121. The molecule has 1 aliphatic heterocycles. The van der Waals surface area contributed by atoms with E-state index in [2.05, 4.69) is 25.5 Å². The van der Waals surface area contributed by atoms with Crippen LogP contribution in [0.15, 0.2) is 30.6 Å². The van der Waals surface area contributed by atoms with Gasteiger partial charge in [-0.05, 0) is 64.4 Å². The molecule has 2 N–H and O–H groups in total. The van der Waals surface area contributed by atoms with Crippen LogP contribution in [0.2, 0.25) is 0 Å². The highest BCUT2D eigenvalue weighted by Gasteiger charge is 2.14. The number of rotatable bonds is 8. The van der Waals surface area contributed by atoms with Gasteiger partial charge in [0.1, 0.15) is 18.2 Å². The highest BCUT2D eigenvalue weighted by Crippen LogP contribution is 2.18. The fourth-order valence-electron chi connectivity index (χ4n) is 3.22. The molecule has 0 saturated carbocycles. The van der Waals surface area contributed by atoms with Crippen LogP contribution in [0.5, 0.6) is 0 Å². The quantitative estimate of drug-likeness (QED) is 0.722. The van der Waals surface area contributed by atoms with E-state index in [9.17, 15) is 4.79 Å². The molecule has 1 aromatic heterocycles. The molecule has 1 aliphatic rings. The molecule has 2 aromatic rings. The predicted molar refractivity (Wildman–Crippen MR) is 101 cm³/mol. The summed E-state index contributed by atoms with van der Waals surface area (Å²) in [4.78, 5) is 23.3.